The molecule has 1 aliphatic heterocycles. The number of carbonyl (C=O) groups is 4. The van der Waals surface area contributed by atoms with Crippen LogP contribution in [0.2, 0.25) is 0 Å². The van der Waals surface area contributed by atoms with Gasteiger partial charge in [-0.2, -0.15) is 0 Å². The molecule has 0 saturated carbocycles. The lowest BCUT2D eigenvalue weighted by molar-refractivity contribution is -0.135. The lowest BCUT2D eigenvalue weighted by Crippen LogP contribution is -2.44. The van der Waals surface area contributed by atoms with E-state index in [0.717, 1.165) is 17.0 Å². The molecule has 2 N–H and O–H groups in total. The van der Waals surface area contributed by atoms with Crippen LogP contribution in [0.5, 0.6) is 0 Å². The van der Waals surface area contributed by atoms with Gasteiger partial charge in [-0.3, -0.25) is 14.4 Å². The number of nitrogens with one attached hydrogen (secondary N) is 2. The van der Waals surface area contributed by atoms with Gasteiger partial charge in [-0.25, -0.2) is 8.78 Å². The maximum Gasteiger partial charge on any atom is 0.270 e. The highest BCUT2D eigenvalue weighted by molar-refractivity contribution is 6.00. The summed E-state index contributed by atoms with van der Waals surface area (Å²) in [4.78, 5) is 54.9. The third-order valence-corrected chi connectivity index (χ3v) is 5.83. The Labute approximate surface area is 193 Å². The van der Waals surface area contributed by atoms with E-state index < -0.39 is 35.4 Å². The maximum atomic E-state index is 13.9. The van der Waals surface area contributed by atoms with Gasteiger partial charge in [0.25, 0.3) is 5.91 Å². The van der Waals surface area contributed by atoms with Gasteiger partial charge in [-0.05, 0) is 30.7 Å². The van der Waals surface area contributed by atoms with E-state index in [4.69, 9.17) is 0 Å². The number of benzene rings is 2. The zero-order valence-electron chi connectivity index (χ0n) is 18.3. The van der Waals surface area contributed by atoms with E-state index in [-0.39, 0.29) is 42.0 Å². The van der Waals surface area contributed by atoms with Crippen LogP contribution in [0.4, 0.5) is 14.5 Å². The number of amides is 3. The number of aromatic nitrogens is 1. The number of hydrogen-bond donors (Lipinski definition) is 2. The minimum atomic E-state index is -0.810. The molecule has 0 bridgehead atoms. The van der Waals surface area contributed by atoms with Crippen molar-refractivity contribution in [2.45, 2.75) is 12.5 Å². The molecule has 2 aromatic carbocycles. The first-order valence-electron chi connectivity index (χ1n) is 10.6. The number of hydrogen-bond acceptors (Lipinski definition) is 4. The summed E-state index contributed by atoms with van der Waals surface area (Å²) in [6.45, 7) is -0.317. The molecule has 3 aromatic rings. The average Bonchev–Trinajstić information content (AvgIpc) is 3.44. The van der Waals surface area contributed by atoms with E-state index in [1.807, 2.05) is 6.07 Å². The van der Waals surface area contributed by atoms with E-state index >= 15 is 0 Å². The minimum Gasteiger partial charge on any atom is -0.350 e. The van der Waals surface area contributed by atoms with E-state index in [1.54, 1.807) is 24.3 Å². The van der Waals surface area contributed by atoms with E-state index in [0.29, 0.717) is 12.0 Å². The number of rotatable bonds is 6. The predicted molar refractivity (Wildman–Crippen MR) is 120 cm³/mol. The Hall–Kier alpha value is -4.08. The van der Waals surface area contributed by atoms with Gasteiger partial charge in [0.15, 0.2) is 0 Å². The largest absolute Gasteiger partial charge is 0.350 e. The Bertz CT molecular complexity index is 1260. The topological polar surface area (TPSA) is 103 Å². The molecule has 3 amide bonds. The summed E-state index contributed by atoms with van der Waals surface area (Å²) in [5.74, 6) is -3.58. The highest BCUT2D eigenvalue weighted by atomic mass is 19.1. The number of carbonyl (C=O) groups excluding carboxylic acids is 4. The number of fused-ring (bicyclic) bond motifs is 1. The number of aromatic amines is 1. The Morgan fingerprint density at radius 1 is 1.18 bits per heavy atom. The average molecular weight is 468 g/mol. The van der Waals surface area contributed by atoms with Crippen LogP contribution in [0.25, 0.3) is 10.9 Å². The molecule has 2 heterocycles. The van der Waals surface area contributed by atoms with Crippen LogP contribution >= 0.6 is 0 Å². The van der Waals surface area contributed by atoms with Gasteiger partial charge in [0.05, 0.1) is 24.0 Å². The van der Waals surface area contributed by atoms with Crippen molar-refractivity contribution in [3.8, 4) is 0 Å². The van der Waals surface area contributed by atoms with Gasteiger partial charge in [-0.1, -0.05) is 18.2 Å². The van der Waals surface area contributed by atoms with Crippen molar-refractivity contribution in [1.29, 1.82) is 0 Å². The van der Waals surface area contributed by atoms with Gasteiger partial charge in [0.1, 0.15) is 23.6 Å². The first-order chi connectivity index (χ1) is 16.3. The number of nitrogens with zero attached hydrogens (tertiary/aromatic N) is 2. The van der Waals surface area contributed by atoms with Gasteiger partial charge in [-0.15, -0.1) is 0 Å². The molecule has 0 radical (unpaired) electrons. The Kier molecular flexibility index (Phi) is 6.40. The van der Waals surface area contributed by atoms with Gasteiger partial charge >= 0.3 is 0 Å². The molecule has 176 valence electrons. The van der Waals surface area contributed by atoms with E-state index in [2.05, 4.69) is 10.3 Å². The lowest BCUT2D eigenvalue weighted by atomic mass is 10.1. The molecule has 1 fully saturated rings. The SMILES string of the molecule is CN(CC(=O)N1CC(C(=O)Nc2ccccc2)CC1C=O)C(=O)c1cc2c(F)cc(F)cc2[nH]1. The van der Waals surface area contributed by atoms with Crippen molar-refractivity contribution in [2.75, 3.05) is 25.5 Å². The van der Waals surface area contributed by atoms with Crippen molar-refractivity contribution in [1.82, 2.24) is 14.8 Å². The summed E-state index contributed by atoms with van der Waals surface area (Å²) in [6, 6.07) is 11.1. The molecule has 10 heteroatoms. The van der Waals surface area contributed by atoms with E-state index in [1.165, 1.54) is 18.0 Å². The van der Waals surface area contributed by atoms with Gasteiger partial charge in [0, 0.05) is 30.7 Å². The predicted octanol–water partition coefficient (Wildman–Crippen LogP) is 2.57. The third kappa shape index (κ3) is 4.66. The molecule has 1 aromatic heterocycles. The number of para-hydroxylation sites is 1. The molecule has 2 atom stereocenters. The molecule has 4 rings (SSSR count). The highest BCUT2D eigenvalue weighted by Crippen LogP contribution is 2.25. The lowest BCUT2D eigenvalue weighted by Gasteiger charge is -2.24. The zero-order chi connectivity index (χ0) is 24.4. The molecule has 8 nitrogen and oxygen atoms in total. The summed E-state index contributed by atoms with van der Waals surface area (Å²) >= 11 is 0. The van der Waals surface area contributed by atoms with Crippen LogP contribution in [0, 0.1) is 17.6 Å². The second-order valence-electron chi connectivity index (χ2n) is 8.23. The molecule has 2 unspecified atom stereocenters. The van der Waals surface area contributed by atoms with Crippen molar-refractivity contribution in [2.24, 2.45) is 5.92 Å². The summed E-state index contributed by atoms with van der Waals surface area (Å²) in [5, 5.41) is 2.82. The van der Waals surface area contributed by atoms with Crippen LogP contribution in [-0.4, -0.2) is 65.0 Å². The first kappa shape index (κ1) is 23.1. The molecule has 1 aliphatic rings. The number of H-pyrrole nitrogens is 1. The summed E-state index contributed by atoms with van der Waals surface area (Å²) in [5.41, 5.74) is 0.719. The van der Waals surface area contributed by atoms with Crippen molar-refractivity contribution >= 4 is 40.6 Å². The van der Waals surface area contributed by atoms with Crippen molar-refractivity contribution < 1.29 is 28.0 Å². The van der Waals surface area contributed by atoms with Crippen LogP contribution in [0.3, 0.4) is 0 Å². The fourth-order valence-corrected chi connectivity index (χ4v) is 4.08. The third-order valence-electron chi connectivity index (χ3n) is 5.83. The van der Waals surface area contributed by atoms with Crippen LogP contribution in [-0.2, 0) is 14.4 Å². The summed E-state index contributed by atoms with van der Waals surface area (Å²) in [6.07, 6.45) is 0.795. The number of anilines is 1. The monoisotopic (exact) mass is 468 g/mol. The second kappa shape index (κ2) is 9.42. The number of likely N-dealkylation sites (tertiary alicyclic amines) is 1. The minimum absolute atomic E-state index is 0.0109. The first-order valence-corrected chi connectivity index (χ1v) is 10.6. The van der Waals surface area contributed by atoms with Crippen LogP contribution < -0.4 is 5.32 Å². The van der Waals surface area contributed by atoms with Crippen molar-refractivity contribution in [3.05, 3.63) is 65.9 Å². The molecule has 1 saturated heterocycles. The van der Waals surface area contributed by atoms with Crippen molar-refractivity contribution in [3.63, 3.8) is 0 Å². The molecule has 34 heavy (non-hydrogen) atoms. The second-order valence-corrected chi connectivity index (χ2v) is 8.23. The summed E-state index contributed by atoms with van der Waals surface area (Å²) in [7, 11) is 1.38. The molecule has 0 spiro atoms. The van der Waals surface area contributed by atoms with Gasteiger partial charge in [0.2, 0.25) is 11.8 Å². The highest BCUT2D eigenvalue weighted by Gasteiger charge is 2.39. The zero-order valence-corrected chi connectivity index (χ0v) is 18.3. The molecular weight excluding hydrogens is 446 g/mol. The molecular formula is C24H22F2N4O4. The maximum absolute atomic E-state index is 13.9. The number of likely N-dealkylation sites (N-methyl/N-ethyl adjacent to an activating group) is 1. The normalized spacial score (nSPS) is 17.6. The Morgan fingerprint density at radius 2 is 1.91 bits per heavy atom. The number of aldehydes is 1. The number of halogens is 2. The fourth-order valence-electron chi connectivity index (χ4n) is 4.08. The Balaban J connectivity index is 1.41. The Morgan fingerprint density at radius 3 is 2.62 bits per heavy atom. The van der Waals surface area contributed by atoms with Crippen LogP contribution in [0.15, 0.2) is 48.5 Å². The van der Waals surface area contributed by atoms with Gasteiger partial charge < -0.3 is 24.9 Å². The quantitative estimate of drug-likeness (QED) is 0.543. The standard InChI is InChI=1S/C24H22F2N4O4/c1-29(24(34)21-10-18-19(26)8-15(25)9-20(18)28-21)12-22(32)30-11-14(7-17(30)13-31)23(33)27-16-5-3-2-4-6-16/h2-6,8-10,13-14,17,28H,7,11-12H2,1H3,(H,27,33). The van der Waals surface area contributed by atoms with E-state index in [9.17, 15) is 28.0 Å². The summed E-state index contributed by atoms with van der Waals surface area (Å²) < 4.78 is 27.4. The van der Waals surface area contributed by atoms with Crippen LogP contribution in [0.1, 0.15) is 16.9 Å². The fraction of sp³-hybridized carbons (Fsp3) is 0.250. The molecule has 0 aliphatic carbocycles. The smallest absolute Gasteiger partial charge is 0.270 e.